The number of hydrogen-bond acceptors (Lipinski definition) is 0. The Morgan fingerprint density at radius 1 is 0.353 bits per heavy atom. The summed E-state index contributed by atoms with van der Waals surface area (Å²) in [6, 6.07) is 0. The Hall–Kier alpha value is 0.103. The summed E-state index contributed by atoms with van der Waals surface area (Å²) in [6.45, 7) is 0. The van der Waals surface area contributed by atoms with Gasteiger partial charge < -0.3 is 0 Å². The molecule has 0 aromatic heterocycles. The molecule has 0 aromatic carbocycles. The van der Waals surface area contributed by atoms with E-state index in [1.165, 1.54) is 77.0 Å². The van der Waals surface area contributed by atoms with E-state index >= 15 is 0 Å². The monoisotopic (exact) mass is 323 g/mol. The molecule has 1 heteroatoms. The van der Waals surface area contributed by atoms with E-state index in [9.17, 15) is 0 Å². The van der Waals surface area contributed by atoms with Gasteiger partial charge in [0.25, 0.3) is 0 Å². The van der Waals surface area contributed by atoms with E-state index < -0.39 is 0 Å². The summed E-state index contributed by atoms with van der Waals surface area (Å²) in [7, 11) is 0. The molecule has 2 rings (SSSR count). The van der Waals surface area contributed by atoms with Crippen molar-refractivity contribution in [3.05, 3.63) is 24.3 Å². The predicted molar refractivity (Wildman–Crippen MR) is 73.7 cm³/mol. The molecule has 0 heterocycles. The summed E-state index contributed by atoms with van der Waals surface area (Å²) >= 11 is 0. The van der Waals surface area contributed by atoms with E-state index in [0.717, 1.165) is 0 Å². The molecule has 0 atom stereocenters. The smallest absolute Gasteiger partial charge is 0 e. The molecule has 2 aliphatic carbocycles. The van der Waals surface area contributed by atoms with E-state index in [4.69, 9.17) is 0 Å². The van der Waals surface area contributed by atoms with Crippen LogP contribution in [0, 0.1) is 0 Å². The summed E-state index contributed by atoms with van der Waals surface area (Å²) in [6.07, 6.45) is 26.0. The van der Waals surface area contributed by atoms with Crippen LogP contribution in [0.25, 0.3) is 0 Å². The molecular weight excluding hydrogens is 295 g/mol. The number of hydrogen-bond donors (Lipinski definition) is 0. The fourth-order valence-electron chi connectivity index (χ4n) is 2.23. The zero-order valence-corrected chi connectivity index (χ0v) is 12.8. The maximum atomic E-state index is 2.32. The summed E-state index contributed by atoms with van der Waals surface area (Å²) in [5.41, 5.74) is 0. The van der Waals surface area contributed by atoms with Crippen LogP contribution in [-0.2, 0) is 19.5 Å². The van der Waals surface area contributed by atoms with E-state index in [1.54, 1.807) is 0 Å². The second-order valence-electron chi connectivity index (χ2n) is 4.93. The maximum Gasteiger partial charge on any atom is 0 e. The average Bonchev–Trinajstić information content (AvgIpc) is 2.15. The van der Waals surface area contributed by atoms with Crippen molar-refractivity contribution in [2.75, 3.05) is 0 Å². The Bertz CT molecular complexity index is 152. The molecule has 0 aromatic rings. The molecular formula is C16H28Rh. The van der Waals surface area contributed by atoms with Crippen molar-refractivity contribution < 1.29 is 19.5 Å². The van der Waals surface area contributed by atoms with Crippen LogP contribution in [0.3, 0.4) is 0 Å². The van der Waals surface area contributed by atoms with E-state index in [-0.39, 0.29) is 19.5 Å². The average molecular weight is 323 g/mol. The Kier molecular flexibility index (Phi) is 14.3. The molecule has 0 aliphatic heterocycles. The van der Waals surface area contributed by atoms with E-state index in [2.05, 4.69) is 24.3 Å². The van der Waals surface area contributed by atoms with Gasteiger partial charge in [0.1, 0.15) is 0 Å². The third-order valence-electron chi connectivity index (χ3n) is 3.32. The Morgan fingerprint density at radius 3 is 0.824 bits per heavy atom. The van der Waals surface area contributed by atoms with E-state index in [1.807, 2.05) is 0 Å². The number of rotatable bonds is 0. The topological polar surface area (TPSA) is 0 Å². The van der Waals surface area contributed by atoms with Gasteiger partial charge in [-0.05, 0) is 51.4 Å². The first-order chi connectivity index (χ1) is 8.00. The quantitative estimate of drug-likeness (QED) is 0.391. The first-order valence-corrected chi connectivity index (χ1v) is 7.30. The van der Waals surface area contributed by atoms with Crippen molar-refractivity contribution in [2.24, 2.45) is 0 Å². The van der Waals surface area contributed by atoms with Gasteiger partial charge in [-0.15, -0.1) is 0 Å². The Balaban J connectivity index is 0.000000284. The molecule has 0 amide bonds. The zero-order valence-electron chi connectivity index (χ0n) is 11.1. The van der Waals surface area contributed by atoms with Crippen molar-refractivity contribution in [3.63, 3.8) is 0 Å². The van der Waals surface area contributed by atoms with Gasteiger partial charge >= 0.3 is 0 Å². The fraction of sp³-hybridized carbons (Fsp3) is 0.750. The minimum atomic E-state index is 0. The molecule has 0 bridgehead atoms. The van der Waals surface area contributed by atoms with Gasteiger partial charge in [-0.25, -0.2) is 0 Å². The third-order valence-corrected chi connectivity index (χ3v) is 3.32. The first kappa shape index (κ1) is 17.1. The van der Waals surface area contributed by atoms with Crippen LogP contribution in [0.15, 0.2) is 24.3 Å². The van der Waals surface area contributed by atoms with Gasteiger partial charge in [-0.2, -0.15) is 0 Å². The largest absolute Gasteiger partial charge is 0.0885 e. The van der Waals surface area contributed by atoms with Crippen molar-refractivity contribution in [1.29, 1.82) is 0 Å². The van der Waals surface area contributed by atoms with Gasteiger partial charge in [0, 0.05) is 19.5 Å². The summed E-state index contributed by atoms with van der Waals surface area (Å²) in [4.78, 5) is 0. The predicted octanol–water partition coefficient (Wildman–Crippen LogP) is 5.79. The molecule has 0 fully saturated rings. The van der Waals surface area contributed by atoms with Crippen LogP contribution in [0.5, 0.6) is 0 Å². The van der Waals surface area contributed by atoms with E-state index in [0.29, 0.717) is 0 Å². The van der Waals surface area contributed by atoms with Gasteiger partial charge in [0.15, 0.2) is 0 Å². The van der Waals surface area contributed by atoms with Crippen LogP contribution >= 0.6 is 0 Å². The van der Waals surface area contributed by atoms with Crippen molar-refractivity contribution >= 4 is 0 Å². The van der Waals surface area contributed by atoms with Crippen LogP contribution < -0.4 is 0 Å². The molecule has 1 radical (unpaired) electrons. The molecule has 0 N–H and O–H groups in total. The van der Waals surface area contributed by atoms with Gasteiger partial charge in [0.2, 0.25) is 0 Å². The Labute approximate surface area is 121 Å². The molecule has 0 unspecified atom stereocenters. The number of allylic oxidation sites excluding steroid dienone is 4. The van der Waals surface area contributed by atoms with Crippen molar-refractivity contribution in [2.45, 2.75) is 77.0 Å². The van der Waals surface area contributed by atoms with Crippen LogP contribution in [0.1, 0.15) is 77.0 Å². The standard InChI is InChI=1S/2C8H14.Rh/c2*1-2-4-6-8-7-5-3-1;/h2*1-2H,3-8H2;. The first-order valence-electron chi connectivity index (χ1n) is 7.30. The molecule has 2 aliphatic rings. The van der Waals surface area contributed by atoms with Gasteiger partial charge in [-0.3, -0.25) is 0 Å². The second kappa shape index (κ2) is 14.2. The minimum absolute atomic E-state index is 0. The maximum absolute atomic E-state index is 2.32. The van der Waals surface area contributed by atoms with Gasteiger partial charge in [-0.1, -0.05) is 50.0 Å². The third kappa shape index (κ3) is 12.4. The molecule has 101 valence electrons. The zero-order chi connectivity index (χ0) is 11.3. The normalized spacial score (nSPS) is 20.7. The Morgan fingerprint density at radius 2 is 0.588 bits per heavy atom. The van der Waals surface area contributed by atoms with Crippen LogP contribution in [0.2, 0.25) is 0 Å². The summed E-state index contributed by atoms with van der Waals surface area (Å²) < 4.78 is 0. The second-order valence-corrected chi connectivity index (χ2v) is 4.93. The molecule has 17 heavy (non-hydrogen) atoms. The summed E-state index contributed by atoms with van der Waals surface area (Å²) in [5.74, 6) is 0. The summed E-state index contributed by atoms with van der Waals surface area (Å²) in [5, 5.41) is 0. The van der Waals surface area contributed by atoms with Gasteiger partial charge in [0.05, 0.1) is 0 Å². The minimum Gasteiger partial charge on any atom is -0.0885 e. The molecule has 0 spiro atoms. The fourth-order valence-corrected chi connectivity index (χ4v) is 2.23. The molecule has 0 saturated heterocycles. The van der Waals surface area contributed by atoms with Crippen molar-refractivity contribution in [3.8, 4) is 0 Å². The molecule has 0 nitrogen and oxygen atoms in total. The van der Waals surface area contributed by atoms with Crippen LogP contribution in [-0.4, -0.2) is 0 Å². The molecule has 0 saturated carbocycles. The SMILES string of the molecule is C1=CCCCCCC1.C1=CCCCCCC1.[Rh]. The van der Waals surface area contributed by atoms with Crippen molar-refractivity contribution in [1.82, 2.24) is 0 Å². The van der Waals surface area contributed by atoms with Crippen LogP contribution in [0.4, 0.5) is 0 Å².